The number of esters is 1. The predicted molar refractivity (Wildman–Crippen MR) is 107 cm³/mol. The predicted octanol–water partition coefficient (Wildman–Crippen LogP) is 3.91. The summed E-state index contributed by atoms with van der Waals surface area (Å²) in [4.78, 5) is 26.1. The van der Waals surface area contributed by atoms with E-state index < -0.39 is 5.97 Å². The zero-order chi connectivity index (χ0) is 18.8. The summed E-state index contributed by atoms with van der Waals surface area (Å²) in [6, 6.07) is 21.4. The van der Waals surface area contributed by atoms with E-state index in [1.807, 2.05) is 30.3 Å². The van der Waals surface area contributed by atoms with Gasteiger partial charge < -0.3 is 10.5 Å². The van der Waals surface area contributed by atoms with Gasteiger partial charge in [-0.05, 0) is 29.8 Å². The molecule has 6 heteroatoms. The SMILES string of the molecule is Nc1cccc(OC(=O)c2cc3ccc(=O)n(Cc4ccccc4)c3s2)c1. The first-order valence-electron chi connectivity index (χ1n) is 8.35. The lowest BCUT2D eigenvalue weighted by atomic mass is 10.2. The first-order valence-corrected chi connectivity index (χ1v) is 9.17. The molecular weight excluding hydrogens is 360 g/mol. The van der Waals surface area contributed by atoms with Crippen molar-refractivity contribution in [3.8, 4) is 5.75 Å². The Balaban J connectivity index is 1.68. The fraction of sp³-hybridized carbons (Fsp3) is 0.0476. The van der Waals surface area contributed by atoms with Gasteiger partial charge in [0.1, 0.15) is 15.5 Å². The molecular formula is C21H16N2O3S. The second-order valence-electron chi connectivity index (χ2n) is 6.08. The molecule has 0 saturated carbocycles. The molecule has 0 radical (unpaired) electrons. The Morgan fingerprint density at radius 1 is 1.00 bits per heavy atom. The molecule has 2 heterocycles. The summed E-state index contributed by atoms with van der Waals surface area (Å²) in [6.07, 6.45) is 0. The maximum atomic E-state index is 12.5. The van der Waals surface area contributed by atoms with Gasteiger partial charge in [-0.2, -0.15) is 0 Å². The minimum absolute atomic E-state index is 0.107. The lowest BCUT2D eigenvalue weighted by Crippen LogP contribution is -2.18. The van der Waals surface area contributed by atoms with E-state index in [0.717, 1.165) is 15.8 Å². The summed E-state index contributed by atoms with van der Waals surface area (Å²) in [5.74, 6) is -0.0837. The summed E-state index contributed by atoms with van der Waals surface area (Å²) < 4.78 is 7.08. The van der Waals surface area contributed by atoms with E-state index in [-0.39, 0.29) is 5.56 Å². The van der Waals surface area contributed by atoms with Crippen LogP contribution in [0.25, 0.3) is 10.2 Å². The Morgan fingerprint density at radius 2 is 1.81 bits per heavy atom. The minimum atomic E-state index is -0.472. The van der Waals surface area contributed by atoms with Crippen LogP contribution in [0, 0.1) is 0 Å². The molecule has 0 atom stereocenters. The average molecular weight is 376 g/mol. The van der Waals surface area contributed by atoms with Crippen molar-refractivity contribution in [3.05, 3.63) is 93.6 Å². The van der Waals surface area contributed by atoms with Crippen LogP contribution in [0.4, 0.5) is 5.69 Å². The number of carbonyl (C=O) groups is 1. The van der Waals surface area contributed by atoms with Crippen molar-refractivity contribution < 1.29 is 9.53 Å². The van der Waals surface area contributed by atoms with E-state index in [9.17, 15) is 9.59 Å². The van der Waals surface area contributed by atoms with Crippen LogP contribution in [0.15, 0.2) is 77.6 Å². The van der Waals surface area contributed by atoms with Gasteiger partial charge in [0.05, 0.1) is 6.54 Å². The number of anilines is 1. The maximum absolute atomic E-state index is 12.5. The Labute approximate surface area is 159 Å². The first kappa shape index (κ1) is 17.1. The largest absolute Gasteiger partial charge is 0.422 e. The van der Waals surface area contributed by atoms with Gasteiger partial charge in [-0.3, -0.25) is 9.36 Å². The Morgan fingerprint density at radius 3 is 2.59 bits per heavy atom. The number of nitrogens with two attached hydrogens (primary N) is 1. The van der Waals surface area contributed by atoms with E-state index in [1.165, 1.54) is 17.4 Å². The number of thiophene rings is 1. The molecule has 0 spiro atoms. The summed E-state index contributed by atoms with van der Waals surface area (Å²) in [5.41, 5.74) is 7.15. The van der Waals surface area contributed by atoms with Gasteiger partial charge >= 0.3 is 5.97 Å². The molecule has 0 aliphatic carbocycles. The number of nitrogens with zero attached hydrogens (tertiary/aromatic N) is 1. The Kier molecular flexibility index (Phi) is 4.48. The normalized spacial score (nSPS) is 10.8. The molecule has 27 heavy (non-hydrogen) atoms. The highest BCUT2D eigenvalue weighted by Crippen LogP contribution is 2.26. The number of fused-ring (bicyclic) bond motifs is 1. The molecule has 0 aliphatic rings. The van der Waals surface area contributed by atoms with Crippen LogP contribution >= 0.6 is 11.3 Å². The van der Waals surface area contributed by atoms with Crippen molar-refractivity contribution in [1.29, 1.82) is 0 Å². The fourth-order valence-electron chi connectivity index (χ4n) is 2.83. The van der Waals surface area contributed by atoms with Gasteiger partial charge in [-0.15, -0.1) is 11.3 Å². The second-order valence-corrected chi connectivity index (χ2v) is 7.11. The van der Waals surface area contributed by atoms with Crippen molar-refractivity contribution in [2.45, 2.75) is 6.54 Å². The first-order chi connectivity index (χ1) is 13.1. The van der Waals surface area contributed by atoms with Crippen molar-refractivity contribution in [2.75, 3.05) is 5.73 Å². The van der Waals surface area contributed by atoms with Crippen LogP contribution in [0.2, 0.25) is 0 Å². The highest BCUT2D eigenvalue weighted by molar-refractivity contribution is 7.20. The van der Waals surface area contributed by atoms with Crippen molar-refractivity contribution >= 4 is 33.2 Å². The molecule has 0 bridgehead atoms. The number of nitrogen functional groups attached to an aromatic ring is 1. The zero-order valence-electron chi connectivity index (χ0n) is 14.3. The number of pyridine rings is 1. The lowest BCUT2D eigenvalue weighted by molar-refractivity contribution is 0.0740. The zero-order valence-corrected chi connectivity index (χ0v) is 15.1. The molecule has 4 aromatic rings. The minimum Gasteiger partial charge on any atom is -0.422 e. The van der Waals surface area contributed by atoms with Gasteiger partial charge in [-0.1, -0.05) is 36.4 Å². The molecule has 0 unspecified atom stereocenters. The lowest BCUT2D eigenvalue weighted by Gasteiger charge is -2.07. The molecule has 2 aromatic carbocycles. The molecule has 5 nitrogen and oxygen atoms in total. The van der Waals surface area contributed by atoms with Gasteiger partial charge in [0, 0.05) is 23.2 Å². The number of aromatic nitrogens is 1. The quantitative estimate of drug-likeness (QED) is 0.333. The standard InChI is InChI=1S/C21H16N2O3S/c22-16-7-4-8-17(12-16)26-21(25)18-11-15-9-10-19(24)23(20(15)27-18)13-14-5-2-1-3-6-14/h1-12H,13,22H2. The molecule has 2 aromatic heterocycles. The fourth-order valence-corrected chi connectivity index (χ4v) is 3.86. The van der Waals surface area contributed by atoms with Gasteiger partial charge in [0.25, 0.3) is 5.56 Å². The van der Waals surface area contributed by atoms with E-state index in [4.69, 9.17) is 10.5 Å². The number of carbonyl (C=O) groups excluding carboxylic acids is 1. The third kappa shape index (κ3) is 3.61. The number of ether oxygens (including phenoxy) is 1. The monoisotopic (exact) mass is 376 g/mol. The molecule has 0 aliphatic heterocycles. The molecule has 0 fully saturated rings. The molecule has 0 amide bonds. The van der Waals surface area contributed by atoms with Crippen LogP contribution < -0.4 is 16.0 Å². The number of rotatable bonds is 4. The Hall–Kier alpha value is -3.38. The van der Waals surface area contributed by atoms with Crippen LogP contribution in [0.5, 0.6) is 5.75 Å². The van der Waals surface area contributed by atoms with Crippen LogP contribution in [-0.4, -0.2) is 10.5 Å². The van der Waals surface area contributed by atoms with E-state index in [0.29, 0.717) is 22.9 Å². The van der Waals surface area contributed by atoms with Gasteiger partial charge in [0.2, 0.25) is 0 Å². The van der Waals surface area contributed by atoms with Crippen molar-refractivity contribution in [1.82, 2.24) is 4.57 Å². The molecule has 2 N–H and O–H groups in total. The maximum Gasteiger partial charge on any atom is 0.353 e. The third-order valence-electron chi connectivity index (χ3n) is 4.11. The summed E-state index contributed by atoms with van der Waals surface area (Å²) >= 11 is 1.25. The van der Waals surface area contributed by atoms with E-state index >= 15 is 0 Å². The Bertz CT molecular complexity index is 1180. The highest BCUT2D eigenvalue weighted by Gasteiger charge is 2.15. The molecule has 0 saturated heterocycles. The van der Waals surface area contributed by atoms with E-state index in [1.54, 1.807) is 41.0 Å². The number of hydrogen-bond acceptors (Lipinski definition) is 5. The molecule has 4 rings (SSSR count). The van der Waals surface area contributed by atoms with Crippen LogP contribution in [0.3, 0.4) is 0 Å². The van der Waals surface area contributed by atoms with Gasteiger partial charge in [0.15, 0.2) is 0 Å². The third-order valence-corrected chi connectivity index (χ3v) is 5.26. The summed E-state index contributed by atoms with van der Waals surface area (Å²) in [6.45, 7) is 0.446. The summed E-state index contributed by atoms with van der Waals surface area (Å²) in [5, 5.41) is 0.829. The summed E-state index contributed by atoms with van der Waals surface area (Å²) in [7, 11) is 0. The topological polar surface area (TPSA) is 74.3 Å². The smallest absolute Gasteiger partial charge is 0.353 e. The van der Waals surface area contributed by atoms with Crippen molar-refractivity contribution in [2.24, 2.45) is 0 Å². The van der Waals surface area contributed by atoms with Crippen molar-refractivity contribution in [3.63, 3.8) is 0 Å². The average Bonchev–Trinajstić information content (AvgIpc) is 3.10. The van der Waals surface area contributed by atoms with Gasteiger partial charge in [-0.25, -0.2) is 4.79 Å². The number of benzene rings is 2. The molecule has 134 valence electrons. The highest BCUT2D eigenvalue weighted by atomic mass is 32.1. The number of hydrogen-bond donors (Lipinski definition) is 1. The van der Waals surface area contributed by atoms with Crippen LogP contribution in [-0.2, 0) is 6.54 Å². The van der Waals surface area contributed by atoms with Crippen LogP contribution in [0.1, 0.15) is 15.2 Å². The van der Waals surface area contributed by atoms with E-state index in [2.05, 4.69) is 0 Å². The second kappa shape index (κ2) is 7.09.